The molecule has 1 aromatic rings. The lowest BCUT2D eigenvalue weighted by atomic mass is 10.0. The first kappa shape index (κ1) is 28.2. The van der Waals surface area contributed by atoms with Gasteiger partial charge in [0.1, 0.15) is 18.1 Å². The van der Waals surface area contributed by atoms with E-state index < -0.39 is 66.2 Å². The zero-order valence-corrected chi connectivity index (χ0v) is 19.6. The SMILES string of the molecule is NC(=O)CCC(NC(=O)C(N)CC(=O)O)C(=O)N1CCCC1C(=O)NC(Cc1ccccc1)C(=O)O. The molecule has 196 valence electrons. The monoisotopic (exact) mass is 505 g/mol. The number of likely N-dealkylation sites (tertiary alicyclic amines) is 1. The van der Waals surface area contributed by atoms with Crippen LogP contribution in [0, 0.1) is 0 Å². The average Bonchev–Trinajstić information content (AvgIpc) is 3.31. The number of hydrogen-bond donors (Lipinski definition) is 6. The van der Waals surface area contributed by atoms with Gasteiger partial charge in [-0.25, -0.2) is 4.79 Å². The van der Waals surface area contributed by atoms with Crippen molar-refractivity contribution in [1.29, 1.82) is 0 Å². The molecule has 4 unspecified atom stereocenters. The first-order valence-electron chi connectivity index (χ1n) is 11.4. The van der Waals surface area contributed by atoms with Gasteiger partial charge in [-0.3, -0.25) is 24.0 Å². The van der Waals surface area contributed by atoms with E-state index in [-0.39, 0.29) is 32.2 Å². The van der Waals surface area contributed by atoms with Gasteiger partial charge in [0.2, 0.25) is 23.6 Å². The molecule has 1 aliphatic rings. The molecule has 2 rings (SSSR count). The summed E-state index contributed by atoms with van der Waals surface area (Å²) in [5, 5.41) is 23.3. The number of carbonyl (C=O) groups excluding carboxylic acids is 4. The van der Waals surface area contributed by atoms with E-state index in [1.54, 1.807) is 30.3 Å². The Bertz CT molecular complexity index is 986. The van der Waals surface area contributed by atoms with Crippen molar-refractivity contribution in [2.24, 2.45) is 11.5 Å². The van der Waals surface area contributed by atoms with Gasteiger partial charge in [0.05, 0.1) is 12.5 Å². The summed E-state index contributed by atoms with van der Waals surface area (Å²) >= 11 is 0. The van der Waals surface area contributed by atoms with Gasteiger partial charge < -0.3 is 37.2 Å². The Morgan fingerprint density at radius 3 is 2.28 bits per heavy atom. The lowest BCUT2D eigenvalue weighted by Gasteiger charge is -2.30. The second kappa shape index (κ2) is 13.2. The number of carboxylic acid groups (broad SMARTS) is 2. The number of benzene rings is 1. The maximum atomic E-state index is 13.3. The van der Waals surface area contributed by atoms with E-state index in [4.69, 9.17) is 16.6 Å². The number of carbonyl (C=O) groups is 6. The van der Waals surface area contributed by atoms with Gasteiger partial charge in [0.25, 0.3) is 0 Å². The first-order valence-corrected chi connectivity index (χ1v) is 11.4. The van der Waals surface area contributed by atoms with Crippen LogP contribution in [-0.2, 0) is 35.2 Å². The smallest absolute Gasteiger partial charge is 0.326 e. The number of amides is 4. The fraction of sp³-hybridized carbons (Fsp3) is 0.478. The van der Waals surface area contributed by atoms with Crippen LogP contribution in [0.2, 0.25) is 0 Å². The van der Waals surface area contributed by atoms with E-state index in [9.17, 15) is 33.9 Å². The van der Waals surface area contributed by atoms with Gasteiger partial charge in [-0.05, 0) is 24.8 Å². The third kappa shape index (κ3) is 8.34. The number of rotatable bonds is 13. The van der Waals surface area contributed by atoms with Crippen LogP contribution in [0.5, 0.6) is 0 Å². The summed E-state index contributed by atoms with van der Waals surface area (Å²) in [7, 11) is 0. The summed E-state index contributed by atoms with van der Waals surface area (Å²) in [6.45, 7) is 0.164. The van der Waals surface area contributed by atoms with Crippen LogP contribution < -0.4 is 22.1 Å². The third-order valence-electron chi connectivity index (χ3n) is 5.76. The first-order chi connectivity index (χ1) is 17.0. The molecule has 4 atom stereocenters. The number of aliphatic carboxylic acids is 2. The second-order valence-corrected chi connectivity index (χ2v) is 8.55. The molecule has 8 N–H and O–H groups in total. The highest BCUT2D eigenvalue weighted by Crippen LogP contribution is 2.20. The number of nitrogens with two attached hydrogens (primary N) is 2. The summed E-state index contributed by atoms with van der Waals surface area (Å²) < 4.78 is 0. The second-order valence-electron chi connectivity index (χ2n) is 8.55. The Hall–Kier alpha value is -4.00. The van der Waals surface area contributed by atoms with Crippen LogP contribution in [0.4, 0.5) is 0 Å². The Morgan fingerprint density at radius 2 is 1.69 bits per heavy atom. The fourth-order valence-electron chi connectivity index (χ4n) is 3.92. The molecule has 1 heterocycles. The molecule has 4 amide bonds. The zero-order valence-electron chi connectivity index (χ0n) is 19.6. The Morgan fingerprint density at radius 1 is 1.03 bits per heavy atom. The summed E-state index contributed by atoms with van der Waals surface area (Å²) in [6.07, 6.45) is -0.347. The highest BCUT2D eigenvalue weighted by molar-refractivity contribution is 5.95. The fourth-order valence-corrected chi connectivity index (χ4v) is 3.92. The Balaban J connectivity index is 2.14. The molecule has 1 fully saturated rings. The Labute approximate surface area is 207 Å². The predicted octanol–water partition coefficient (Wildman–Crippen LogP) is -1.66. The van der Waals surface area contributed by atoms with Crippen molar-refractivity contribution < 1.29 is 39.0 Å². The highest BCUT2D eigenvalue weighted by atomic mass is 16.4. The predicted molar refractivity (Wildman–Crippen MR) is 125 cm³/mol. The molecule has 0 saturated carbocycles. The molecule has 13 heteroatoms. The standard InChI is InChI=1S/C23H31N5O8/c24-14(12-19(30)31)20(32)26-15(8-9-18(25)29)22(34)28-10-4-7-17(28)21(33)27-16(23(35)36)11-13-5-2-1-3-6-13/h1-3,5-6,14-17H,4,7-12,24H2,(H2,25,29)(H,26,32)(H,27,33)(H,30,31)(H,35,36). The van der Waals surface area contributed by atoms with Crippen molar-refractivity contribution in [2.75, 3.05) is 6.54 Å². The minimum absolute atomic E-state index is 0.0430. The minimum Gasteiger partial charge on any atom is -0.481 e. The van der Waals surface area contributed by atoms with E-state index in [0.29, 0.717) is 12.0 Å². The van der Waals surface area contributed by atoms with E-state index >= 15 is 0 Å². The maximum absolute atomic E-state index is 13.3. The molecule has 13 nitrogen and oxygen atoms in total. The molecule has 0 aliphatic carbocycles. The molecular formula is C23H31N5O8. The zero-order chi connectivity index (χ0) is 26.8. The molecule has 0 bridgehead atoms. The van der Waals surface area contributed by atoms with Gasteiger partial charge in [0.15, 0.2) is 0 Å². The number of hydrogen-bond acceptors (Lipinski definition) is 7. The van der Waals surface area contributed by atoms with E-state index in [1.165, 1.54) is 4.90 Å². The third-order valence-corrected chi connectivity index (χ3v) is 5.76. The van der Waals surface area contributed by atoms with Gasteiger partial charge >= 0.3 is 11.9 Å². The van der Waals surface area contributed by atoms with Crippen molar-refractivity contribution in [3.05, 3.63) is 35.9 Å². The van der Waals surface area contributed by atoms with Crippen LogP contribution in [0.25, 0.3) is 0 Å². The van der Waals surface area contributed by atoms with Crippen molar-refractivity contribution in [1.82, 2.24) is 15.5 Å². The van der Waals surface area contributed by atoms with Crippen molar-refractivity contribution in [2.45, 2.75) is 62.7 Å². The molecule has 1 aliphatic heterocycles. The number of nitrogens with one attached hydrogen (secondary N) is 2. The normalized spacial score (nSPS) is 17.5. The molecule has 1 aromatic carbocycles. The van der Waals surface area contributed by atoms with E-state index in [2.05, 4.69) is 10.6 Å². The summed E-state index contributed by atoms with van der Waals surface area (Å²) in [5.41, 5.74) is 11.4. The molecular weight excluding hydrogens is 474 g/mol. The van der Waals surface area contributed by atoms with E-state index in [0.717, 1.165) is 0 Å². The summed E-state index contributed by atoms with van der Waals surface area (Å²) in [5.74, 6) is -5.52. The van der Waals surface area contributed by atoms with Crippen LogP contribution in [0.1, 0.15) is 37.7 Å². The lowest BCUT2D eigenvalue weighted by Crippen LogP contribution is -2.57. The average molecular weight is 506 g/mol. The molecule has 1 saturated heterocycles. The number of nitrogens with zero attached hydrogens (tertiary/aromatic N) is 1. The van der Waals surface area contributed by atoms with Crippen LogP contribution in [-0.4, -0.2) is 81.4 Å². The van der Waals surface area contributed by atoms with Crippen molar-refractivity contribution in [3.63, 3.8) is 0 Å². The van der Waals surface area contributed by atoms with Crippen LogP contribution in [0.3, 0.4) is 0 Å². The van der Waals surface area contributed by atoms with Crippen LogP contribution >= 0.6 is 0 Å². The van der Waals surface area contributed by atoms with Crippen LogP contribution in [0.15, 0.2) is 30.3 Å². The van der Waals surface area contributed by atoms with Crippen molar-refractivity contribution >= 4 is 35.6 Å². The Kier molecular flexibility index (Phi) is 10.3. The number of carboxylic acids is 2. The highest BCUT2D eigenvalue weighted by Gasteiger charge is 2.39. The quantitative estimate of drug-likeness (QED) is 0.180. The molecule has 36 heavy (non-hydrogen) atoms. The van der Waals surface area contributed by atoms with E-state index in [1.807, 2.05) is 0 Å². The molecule has 0 spiro atoms. The largest absolute Gasteiger partial charge is 0.481 e. The molecule has 0 aromatic heterocycles. The lowest BCUT2D eigenvalue weighted by molar-refractivity contribution is -0.145. The maximum Gasteiger partial charge on any atom is 0.326 e. The van der Waals surface area contributed by atoms with Gasteiger partial charge in [-0.1, -0.05) is 30.3 Å². The van der Waals surface area contributed by atoms with Gasteiger partial charge in [0, 0.05) is 19.4 Å². The summed E-state index contributed by atoms with van der Waals surface area (Å²) in [6, 6.07) is 3.81. The minimum atomic E-state index is -1.43. The number of primary amides is 1. The van der Waals surface area contributed by atoms with Gasteiger partial charge in [-0.2, -0.15) is 0 Å². The molecule has 0 radical (unpaired) electrons. The van der Waals surface area contributed by atoms with Crippen molar-refractivity contribution in [3.8, 4) is 0 Å². The van der Waals surface area contributed by atoms with Gasteiger partial charge in [-0.15, -0.1) is 0 Å². The summed E-state index contributed by atoms with van der Waals surface area (Å²) in [4.78, 5) is 73.7. The topological polar surface area (TPSA) is 222 Å².